The van der Waals surface area contributed by atoms with Gasteiger partial charge in [0.05, 0.1) is 0 Å². The van der Waals surface area contributed by atoms with Gasteiger partial charge >= 0.3 is 12.1 Å². The standard InChI is InChI=1S/C17H33NO4/c1-6-8-11-14(10-7-2)21-15(19)12-9-13-18-16(20)22-17(3,4)5/h14H,6-13H2,1-5H3,(H,18,20). The zero-order chi connectivity index (χ0) is 17.0. The van der Waals surface area contributed by atoms with E-state index < -0.39 is 11.7 Å². The van der Waals surface area contributed by atoms with Crippen LogP contribution in [-0.4, -0.2) is 30.3 Å². The first kappa shape index (κ1) is 20.7. The predicted molar refractivity (Wildman–Crippen MR) is 87.8 cm³/mol. The van der Waals surface area contributed by atoms with Crippen LogP contribution in [-0.2, 0) is 14.3 Å². The summed E-state index contributed by atoms with van der Waals surface area (Å²) in [5.74, 6) is -0.180. The van der Waals surface area contributed by atoms with Gasteiger partial charge < -0.3 is 14.8 Å². The Morgan fingerprint density at radius 3 is 2.27 bits per heavy atom. The first-order chi connectivity index (χ1) is 10.3. The van der Waals surface area contributed by atoms with Gasteiger partial charge in [-0.3, -0.25) is 4.79 Å². The number of carbonyl (C=O) groups excluding carboxylic acids is 2. The molecule has 0 aromatic carbocycles. The Morgan fingerprint density at radius 2 is 1.73 bits per heavy atom. The van der Waals surface area contributed by atoms with E-state index >= 15 is 0 Å². The maximum Gasteiger partial charge on any atom is 0.407 e. The number of nitrogens with one attached hydrogen (secondary N) is 1. The van der Waals surface area contributed by atoms with Gasteiger partial charge in [0.15, 0.2) is 0 Å². The summed E-state index contributed by atoms with van der Waals surface area (Å²) in [5, 5.41) is 2.64. The summed E-state index contributed by atoms with van der Waals surface area (Å²) in [5.41, 5.74) is -0.504. The van der Waals surface area contributed by atoms with Crippen LogP contribution in [0.25, 0.3) is 0 Å². The third-order valence-electron chi connectivity index (χ3n) is 3.01. The van der Waals surface area contributed by atoms with Crippen LogP contribution in [0.1, 0.15) is 79.6 Å². The van der Waals surface area contributed by atoms with E-state index in [0.29, 0.717) is 19.4 Å². The topological polar surface area (TPSA) is 64.6 Å². The van der Waals surface area contributed by atoms with Crippen molar-refractivity contribution >= 4 is 12.1 Å². The molecule has 0 aliphatic rings. The first-order valence-electron chi connectivity index (χ1n) is 8.44. The van der Waals surface area contributed by atoms with Gasteiger partial charge in [0.1, 0.15) is 11.7 Å². The molecule has 0 aliphatic carbocycles. The monoisotopic (exact) mass is 315 g/mol. The SMILES string of the molecule is CCCCC(CCC)OC(=O)CCCNC(=O)OC(C)(C)C. The van der Waals surface area contributed by atoms with E-state index in [1.807, 2.05) is 20.8 Å². The second kappa shape index (κ2) is 11.3. The molecule has 0 aliphatic heterocycles. The molecule has 22 heavy (non-hydrogen) atoms. The number of amides is 1. The molecule has 1 unspecified atom stereocenters. The van der Waals surface area contributed by atoms with Crippen molar-refractivity contribution in [3.63, 3.8) is 0 Å². The third-order valence-corrected chi connectivity index (χ3v) is 3.01. The second-order valence-electron chi connectivity index (χ2n) is 6.57. The van der Waals surface area contributed by atoms with E-state index in [-0.39, 0.29) is 12.1 Å². The number of hydrogen-bond acceptors (Lipinski definition) is 4. The molecular weight excluding hydrogens is 282 g/mol. The van der Waals surface area contributed by atoms with Gasteiger partial charge in [-0.2, -0.15) is 0 Å². The quantitative estimate of drug-likeness (QED) is 0.485. The molecule has 1 amide bonds. The van der Waals surface area contributed by atoms with E-state index in [4.69, 9.17) is 9.47 Å². The minimum absolute atomic E-state index is 0.0382. The predicted octanol–water partition coefficient (Wildman–Crippen LogP) is 4.19. The molecule has 5 heteroatoms. The maximum atomic E-state index is 11.8. The third kappa shape index (κ3) is 12.5. The Bertz CT molecular complexity index is 323. The molecule has 0 saturated carbocycles. The zero-order valence-electron chi connectivity index (χ0n) is 14.9. The second-order valence-corrected chi connectivity index (χ2v) is 6.57. The van der Waals surface area contributed by atoms with E-state index in [1.54, 1.807) is 0 Å². The highest BCUT2D eigenvalue weighted by atomic mass is 16.6. The average molecular weight is 315 g/mol. The molecule has 0 radical (unpaired) electrons. The Morgan fingerprint density at radius 1 is 1.05 bits per heavy atom. The summed E-state index contributed by atoms with van der Waals surface area (Å²) >= 11 is 0. The number of hydrogen-bond donors (Lipinski definition) is 1. The van der Waals surface area contributed by atoms with Crippen LogP contribution in [0.5, 0.6) is 0 Å². The summed E-state index contributed by atoms with van der Waals surface area (Å²) in [7, 11) is 0. The first-order valence-corrected chi connectivity index (χ1v) is 8.44. The number of alkyl carbamates (subject to hydrolysis) is 1. The highest BCUT2D eigenvalue weighted by Gasteiger charge is 2.16. The van der Waals surface area contributed by atoms with Gasteiger partial charge in [0.2, 0.25) is 0 Å². The van der Waals surface area contributed by atoms with Crippen LogP contribution in [0.4, 0.5) is 4.79 Å². The molecule has 0 aromatic heterocycles. The fourth-order valence-corrected chi connectivity index (χ4v) is 2.00. The van der Waals surface area contributed by atoms with Crippen LogP contribution in [0.2, 0.25) is 0 Å². The summed E-state index contributed by atoms with van der Waals surface area (Å²) in [6.07, 6.45) is 5.53. The van der Waals surface area contributed by atoms with Crippen LogP contribution < -0.4 is 5.32 Å². The van der Waals surface area contributed by atoms with Crippen molar-refractivity contribution < 1.29 is 19.1 Å². The average Bonchev–Trinajstić information content (AvgIpc) is 2.39. The normalized spacial score (nSPS) is 12.6. The number of esters is 1. The van der Waals surface area contributed by atoms with E-state index in [9.17, 15) is 9.59 Å². The van der Waals surface area contributed by atoms with Crippen molar-refractivity contribution in [3.8, 4) is 0 Å². The number of unbranched alkanes of at least 4 members (excludes halogenated alkanes) is 1. The summed E-state index contributed by atoms with van der Waals surface area (Å²) < 4.78 is 10.6. The van der Waals surface area contributed by atoms with E-state index in [1.165, 1.54) is 0 Å². The lowest BCUT2D eigenvalue weighted by Gasteiger charge is -2.19. The van der Waals surface area contributed by atoms with Crippen LogP contribution >= 0.6 is 0 Å². The molecule has 5 nitrogen and oxygen atoms in total. The van der Waals surface area contributed by atoms with Crippen molar-refractivity contribution in [2.45, 2.75) is 91.3 Å². The van der Waals surface area contributed by atoms with Crippen LogP contribution in [0.15, 0.2) is 0 Å². The maximum absolute atomic E-state index is 11.8. The lowest BCUT2D eigenvalue weighted by molar-refractivity contribution is -0.149. The van der Waals surface area contributed by atoms with Gasteiger partial charge in [0, 0.05) is 13.0 Å². The molecule has 0 rings (SSSR count). The van der Waals surface area contributed by atoms with Gasteiger partial charge in [-0.15, -0.1) is 0 Å². The van der Waals surface area contributed by atoms with Crippen molar-refractivity contribution in [2.75, 3.05) is 6.54 Å². The van der Waals surface area contributed by atoms with Crippen molar-refractivity contribution in [1.29, 1.82) is 0 Å². The smallest absolute Gasteiger partial charge is 0.407 e. The fourth-order valence-electron chi connectivity index (χ4n) is 2.00. The van der Waals surface area contributed by atoms with Crippen molar-refractivity contribution in [2.24, 2.45) is 0 Å². The minimum Gasteiger partial charge on any atom is -0.462 e. The van der Waals surface area contributed by atoms with Gasteiger partial charge in [0.25, 0.3) is 0 Å². The Hall–Kier alpha value is -1.26. The number of ether oxygens (including phenoxy) is 2. The number of carbonyl (C=O) groups is 2. The molecule has 0 fully saturated rings. The van der Waals surface area contributed by atoms with Crippen LogP contribution in [0.3, 0.4) is 0 Å². The summed E-state index contributed by atoms with van der Waals surface area (Å²) in [6.45, 7) is 10.1. The molecule has 0 spiro atoms. The molecule has 1 N–H and O–H groups in total. The molecule has 0 aromatic rings. The van der Waals surface area contributed by atoms with E-state index in [2.05, 4.69) is 19.2 Å². The molecule has 1 atom stereocenters. The Labute approximate surface area is 135 Å². The van der Waals surface area contributed by atoms with Crippen LogP contribution in [0, 0.1) is 0 Å². The van der Waals surface area contributed by atoms with Gasteiger partial charge in [-0.05, 0) is 40.0 Å². The molecule has 0 bridgehead atoms. The highest BCUT2D eigenvalue weighted by Crippen LogP contribution is 2.12. The zero-order valence-corrected chi connectivity index (χ0v) is 14.9. The van der Waals surface area contributed by atoms with Gasteiger partial charge in [-0.25, -0.2) is 4.79 Å². The number of rotatable bonds is 10. The fraction of sp³-hybridized carbons (Fsp3) is 0.882. The van der Waals surface area contributed by atoms with Crippen molar-refractivity contribution in [3.05, 3.63) is 0 Å². The molecule has 130 valence electrons. The Balaban J connectivity index is 3.85. The lowest BCUT2D eigenvalue weighted by atomic mass is 10.1. The molecule has 0 heterocycles. The van der Waals surface area contributed by atoms with Gasteiger partial charge in [-0.1, -0.05) is 33.1 Å². The lowest BCUT2D eigenvalue weighted by Crippen LogP contribution is -2.33. The summed E-state index contributed by atoms with van der Waals surface area (Å²) in [4.78, 5) is 23.2. The minimum atomic E-state index is -0.504. The van der Waals surface area contributed by atoms with Crippen molar-refractivity contribution in [1.82, 2.24) is 5.32 Å². The molecule has 0 saturated heterocycles. The largest absolute Gasteiger partial charge is 0.462 e. The van der Waals surface area contributed by atoms with E-state index in [0.717, 1.165) is 32.1 Å². The summed E-state index contributed by atoms with van der Waals surface area (Å²) in [6, 6.07) is 0. The highest BCUT2D eigenvalue weighted by molar-refractivity contribution is 5.70. The Kier molecular flexibility index (Phi) is 10.7. The molecular formula is C17H33NO4.